The first-order valence-corrected chi connectivity index (χ1v) is 8.05. The lowest BCUT2D eigenvalue weighted by atomic mass is 9.91. The molecule has 0 bridgehead atoms. The van der Waals surface area contributed by atoms with Crippen molar-refractivity contribution < 1.29 is 4.79 Å². The molecular formula is C17H25N3O. The van der Waals surface area contributed by atoms with Gasteiger partial charge in [-0.15, -0.1) is 0 Å². The van der Waals surface area contributed by atoms with Gasteiger partial charge in [-0.2, -0.15) is 0 Å². The van der Waals surface area contributed by atoms with E-state index in [1.165, 1.54) is 11.3 Å². The standard InChI is InChI=1S/C17H25N3O/c1-2-10-19-17(16(18)21,14-7-8-14)12-20-11-9-13-5-3-4-6-15(13)20/h3-6,14,19H,2,7-12H2,1H3,(H2,18,21). The third kappa shape index (κ3) is 2.64. The van der Waals surface area contributed by atoms with Gasteiger partial charge in [0.1, 0.15) is 5.54 Å². The predicted octanol–water partition coefficient (Wildman–Crippen LogP) is 1.68. The van der Waals surface area contributed by atoms with Crippen LogP contribution < -0.4 is 16.0 Å². The van der Waals surface area contributed by atoms with Crippen LogP contribution in [0.1, 0.15) is 31.7 Å². The Kier molecular flexibility index (Phi) is 3.89. The molecule has 1 aliphatic heterocycles. The second-order valence-electron chi connectivity index (χ2n) is 6.34. The molecule has 4 nitrogen and oxygen atoms in total. The maximum Gasteiger partial charge on any atom is 0.239 e. The molecule has 1 fully saturated rings. The van der Waals surface area contributed by atoms with Crippen molar-refractivity contribution in [3.63, 3.8) is 0 Å². The van der Waals surface area contributed by atoms with Crippen molar-refractivity contribution >= 4 is 11.6 Å². The molecular weight excluding hydrogens is 262 g/mol. The van der Waals surface area contributed by atoms with Gasteiger partial charge in [0.05, 0.1) is 0 Å². The Balaban J connectivity index is 1.83. The summed E-state index contributed by atoms with van der Waals surface area (Å²) in [5, 5.41) is 3.49. The van der Waals surface area contributed by atoms with E-state index in [2.05, 4.69) is 41.4 Å². The summed E-state index contributed by atoms with van der Waals surface area (Å²) >= 11 is 0. The average Bonchev–Trinajstić information content (AvgIpc) is 3.26. The molecule has 1 aliphatic carbocycles. The van der Waals surface area contributed by atoms with E-state index in [9.17, 15) is 4.79 Å². The van der Waals surface area contributed by atoms with Gasteiger partial charge < -0.3 is 16.0 Å². The average molecular weight is 287 g/mol. The Hall–Kier alpha value is -1.55. The highest BCUT2D eigenvalue weighted by Crippen LogP contribution is 2.41. The van der Waals surface area contributed by atoms with E-state index in [4.69, 9.17) is 5.73 Å². The van der Waals surface area contributed by atoms with E-state index >= 15 is 0 Å². The third-order valence-corrected chi connectivity index (χ3v) is 4.83. The normalized spacial score (nSPS) is 20.1. The zero-order valence-corrected chi connectivity index (χ0v) is 12.8. The van der Waals surface area contributed by atoms with Crippen LogP contribution in [0, 0.1) is 5.92 Å². The van der Waals surface area contributed by atoms with Gasteiger partial charge in [-0.05, 0) is 49.8 Å². The number of nitrogens with zero attached hydrogens (tertiary/aromatic N) is 1. The molecule has 2 aliphatic rings. The summed E-state index contributed by atoms with van der Waals surface area (Å²) in [4.78, 5) is 14.6. The summed E-state index contributed by atoms with van der Waals surface area (Å²) in [7, 11) is 0. The van der Waals surface area contributed by atoms with Gasteiger partial charge in [0.2, 0.25) is 5.91 Å². The monoisotopic (exact) mass is 287 g/mol. The maximum absolute atomic E-state index is 12.2. The minimum absolute atomic E-state index is 0.192. The summed E-state index contributed by atoms with van der Waals surface area (Å²) in [6.07, 6.45) is 4.28. The van der Waals surface area contributed by atoms with Gasteiger partial charge in [-0.25, -0.2) is 0 Å². The Morgan fingerprint density at radius 1 is 1.43 bits per heavy atom. The van der Waals surface area contributed by atoms with Crippen molar-refractivity contribution in [1.82, 2.24) is 5.32 Å². The van der Waals surface area contributed by atoms with Crippen molar-refractivity contribution in [1.29, 1.82) is 0 Å². The highest BCUT2D eigenvalue weighted by molar-refractivity contribution is 5.86. The van der Waals surface area contributed by atoms with Crippen molar-refractivity contribution in [2.24, 2.45) is 11.7 Å². The Labute approximate surface area is 126 Å². The summed E-state index contributed by atoms with van der Waals surface area (Å²) in [6.45, 7) is 4.64. The van der Waals surface area contributed by atoms with Gasteiger partial charge in [0.25, 0.3) is 0 Å². The van der Waals surface area contributed by atoms with Gasteiger partial charge >= 0.3 is 0 Å². The van der Waals surface area contributed by atoms with Crippen LogP contribution in [0.25, 0.3) is 0 Å². The predicted molar refractivity (Wildman–Crippen MR) is 85.3 cm³/mol. The first-order chi connectivity index (χ1) is 10.2. The maximum atomic E-state index is 12.2. The third-order valence-electron chi connectivity index (χ3n) is 4.83. The van der Waals surface area contributed by atoms with Crippen molar-refractivity contribution in [2.45, 2.75) is 38.1 Å². The Morgan fingerprint density at radius 3 is 2.86 bits per heavy atom. The van der Waals surface area contributed by atoms with Gasteiger partial charge in [-0.1, -0.05) is 25.1 Å². The van der Waals surface area contributed by atoms with Crippen LogP contribution in [0.4, 0.5) is 5.69 Å². The number of benzene rings is 1. The lowest BCUT2D eigenvalue weighted by molar-refractivity contribution is -0.125. The van der Waals surface area contributed by atoms with E-state index < -0.39 is 5.54 Å². The van der Waals surface area contributed by atoms with Crippen LogP contribution in [0.3, 0.4) is 0 Å². The van der Waals surface area contributed by atoms with E-state index in [1.807, 2.05) is 0 Å². The summed E-state index contributed by atoms with van der Waals surface area (Å²) < 4.78 is 0. The minimum Gasteiger partial charge on any atom is -0.369 e. The minimum atomic E-state index is -0.562. The number of para-hydroxylation sites is 1. The fourth-order valence-corrected chi connectivity index (χ4v) is 3.49. The van der Waals surface area contributed by atoms with Crippen molar-refractivity contribution in [2.75, 3.05) is 24.5 Å². The van der Waals surface area contributed by atoms with Crippen LogP contribution in [0.15, 0.2) is 24.3 Å². The smallest absolute Gasteiger partial charge is 0.239 e. The number of anilines is 1. The summed E-state index contributed by atoms with van der Waals surface area (Å²) in [5.74, 6) is 0.206. The molecule has 1 amide bonds. The SMILES string of the molecule is CCCNC(CN1CCc2ccccc21)(C(N)=O)C1CC1. The summed E-state index contributed by atoms with van der Waals surface area (Å²) in [5.41, 5.74) is 7.90. The lowest BCUT2D eigenvalue weighted by Gasteiger charge is -2.37. The highest BCUT2D eigenvalue weighted by atomic mass is 16.1. The zero-order valence-electron chi connectivity index (χ0n) is 12.8. The number of rotatable bonds is 7. The molecule has 1 aromatic rings. The molecule has 1 heterocycles. The molecule has 0 radical (unpaired) electrons. The number of nitrogens with one attached hydrogen (secondary N) is 1. The van der Waals surface area contributed by atoms with Crippen molar-refractivity contribution in [3.05, 3.63) is 29.8 Å². The van der Waals surface area contributed by atoms with Gasteiger partial charge in [0, 0.05) is 18.8 Å². The van der Waals surface area contributed by atoms with Crippen molar-refractivity contribution in [3.8, 4) is 0 Å². The first kappa shape index (κ1) is 14.4. The number of fused-ring (bicyclic) bond motifs is 1. The van der Waals surface area contributed by atoms with Crippen LogP contribution >= 0.6 is 0 Å². The molecule has 1 unspecified atom stereocenters. The van der Waals surface area contributed by atoms with Crippen LogP contribution in [0.2, 0.25) is 0 Å². The molecule has 114 valence electrons. The first-order valence-electron chi connectivity index (χ1n) is 8.05. The summed E-state index contributed by atoms with van der Waals surface area (Å²) in [6, 6.07) is 8.48. The molecule has 4 heteroatoms. The van der Waals surface area contributed by atoms with Crippen LogP contribution in [0.5, 0.6) is 0 Å². The van der Waals surface area contributed by atoms with E-state index in [1.54, 1.807) is 0 Å². The van der Waals surface area contributed by atoms with E-state index in [-0.39, 0.29) is 5.91 Å². The van der Waals surface area contributed by atoms with Crippen LogP contribution in [-0.2, 0) is 11.2 Å². The molecule has 1 aromatic carbocycles. The molecule has 0 saturated heterocycles. The lowest BCUT2D eigenvalue weighted by Crippen LogP contribution is -2.63. The van der Waals surface area contributed by atoms with E-state index in [0.717, 1.165) is 38.8 Å². The highest BCUT2D eigenvalue weighted by Gasteiger charge is 2.50. The zero-order chi connectivity index (χ0) is 14.9. The van der Waals surface area contributed by atoms with Crippen LogP contribution in [-0.4, -0.2) is 31.1 Å². The fourth-order valence-electron chi connectivity index (χ4n) is 3.49. The fraction of sp³-hybridized carbons (Fsp3) is 0.588. The number of primary amides is 1. The quantitative estimate of drug-likeness (QED) is 0.802. The Morgan fingerprint density at radius 2 is 2.19 bits per heavy atom. The number of carbonyl (C=O) groups is 1. The number of hydrogen-bond acceptors (Lipinski definition) is 3. The second kappa shape index (κ2) is 5.68. The Bertz CT molecular complexity index is 527. The number of hydrogen-bond donors (Lipinski definition) is 2. The molecule has 3 N–H and O–H groups in total. The molecule has 0 aromatic heterocycles. The molecule has 3 rings (SSSR count). The molecule has 0 spiro atoms. The number of carbonyl (C=O) groups excluding carboxylic acids is 1. The number of amides is 1. The topological polar surface area (TPSA) is 58.4 Å². The van der Waals surface area contributed by atoms with E-state index in [0.29, 0.717) is 12.5 Å². The molecule has 1 atom stereocenters. The van der Waals surface area contributed by atoms with Gasteiger partial charge in [-0.3, -0.25) is 4.79 Å². The largest absolute Gasteiger partial charge is 0.369 e. The second-order valence-corrected chi connectivity index (χ2v) is 6.34. The van der Waals surface area contributed by atoms with Gasteiger partial charge in [0.15, 0.2) is 0 Å². The molecule has 1 saturated carbocycles. The number of nitrogens with two attached hydrogens (primary N) is 1. The molecule has 21 heavy (non-hydrogen) atoms.